The van der Waals surface area contributed by atoms with Crippen molar-refractivity contribution in [1.29, 1.82) is 0 Å². The Balaban J connectivity index is 2.89. The summed E-state index contributed by atoms with van der Waals surface area (Å²) in [5.74, 6) is 0. The first-order chi connectivity index (χ1) is 5.61. The van der Waals surface area contributed by atoms with Crippen LogP contribution in [0.25, 0.3) is 0 Å². The minimum Gasteiger partial charge on any atom is -0.464 e. The highest BCUT2D eigenvalue weighted by atomic mass is 35.5. The van der Waals surface area contributed by atoms with Crippen molar-refractivity contribution in [2.45, 2.75) is 6.92 Å². The molecule has 0 saturated heterocycles. The second-order valence-corrected chi connectivity index (χ2v) is 2.74. The summed E-state index contributed by atoms with van der Waals surface area (Å²) in [7, 11) is 0. The summed E-state index contributed by atoms with van der Waals surface area (Å²) >= 11 is 5.43. The molecule has 1 amide bonds. The Morgan fingerprint density at radius 3 is 2.33 bits per heavy atom. The third-order valence-electron chi connectivity index (χ3n) is 1.43. The fourth-order valence-corrected chi connectivity index (χ4v) is 0.899. The van der Waals surface area contributed by atoms with Crippen LogP contribution in [0.3, 0.4) is 0 Å². The van der Waals surface area contributed by atoms with E-state index in [0.717, 1.165) is 5.56 Å². The molecule has 0 aliphatic carbocycles. The van der Waals surface area contributed by atoms with Crippen molar-refractivity contribution in [3.8, 4) is 0 Å². The lowest BCUT2D eigenvalue weighted by molar-refractivity contribution is 0.206. The van der Waals surface area contributed by atoms with Crippen LogP contribution in [-0.4, -0.2) is 11.2 Å². The number of benzene rings is 1. The van der Waals surface area contributed by atoms with Crippen LogP contribution in [-0.2, 0) is 0 Å². The standard InChI is InChI=1S/C8H8ClNO2/c1-6-2-4-7(5-3-6)10(9)8(11)12/h2-5H,1H3,(H,11,12). The predicted molar refractivity (Wildman–Crippen MR) is 47.5 cm³/mol. The number of aryl methyl sites for hydroxylation is 1. The van der Waals surface area contributed by atoms with E-state index in [1.165, 1.54) is 0 Å². The van der Waals surface area contributed by atoms with E-state index < -0.39 is 6.09 Å². The van der Waals surface area contributed by atoms with E-state index in [2.05, 4.69) is 0 Å². The van der Waals surface area contributed by atoms with Gasteiger partial charge in [-0.2, -0.15) is 4.42 Å². The van der Waals surface area contributed by atoms with Gasteiger partial charge in [0.25, 0.3) is 0 Å². The molecule has 0 unspecified atom stereocenters. The maximum atomic E-state index is 10.4. The van der Waals surface area contributed by atoms with E-state index in [0.29, 0.717) is 10.1 Å². The summed E-state index contributed by atoms with van der Waals surface area (Å²) in [6, 6.07) is 6.90. The number of amides is 1. The van der Waals surface area contributed by atoms with Gasteiger partial charge in [-0.1, -0.05) is 17.7 Å². The van der Waals surface area contributed by atoms with E-state index in [-0.39, 0.29) is 0 Å². The van der Waals surface area contributed by atoms with Gasteiger partial charge in [0.15, 0.2) is 0 Å². The Hall–Kier alpha value is -1.22. The molecule has 0 bridgehead atoms. The monoisotopic (exact) mass is 185 g/mol. The fourth-order valence-electron chi connectivity index (χ4n) is 0.786. The molecule has 64 valence electrons. The van der Waals surface area contributed by atoms with E-state index in [1.807, 2.05) is 6.92 Å². The van der Waals surface area contributed by atoms with Crippen LogP contribution in [0.4, 0.5) is 10.5 Å². The highest BCUT2D eigenvalue weighted by molar-refractivity contribution is 6.35. The lowest BCUT2D eigenvalue weighted by Crippen LogP contribution is -2.17. The molecule has 4 heteroatoms. The number of hydrogen-bond acceptors (Lipinski definition) is 1. The van der Waals surface area contributed by atoms with Crippen molar-refractivity contribution in [1.82, 2.24) is 0 Å². The maximum Gasteiger partial charge on any atom is 0.426 e. The number of carbonyl (C=O) groups is 1. The second kappa shape index (κ2) is 3.45. The Bertz CT molecular complexity index is 284. The molecule has 0 radical (unpaired) electrons. The van der Waals surface area contributed by atoms with Crippen LogP contribution in [0.1, 0.15) is 5.56 Å². The van der Waals surface area contributed by atoms with E-state index in [9.17, 15) is 4.79 Å². The van der Waals surface area contributed by atoms with Crippen LogP contribution in [0.5, 0.6) is 0 Å². The lowest BCUT2D eigenvalue weighted by Gasteiger charge is -2.08. The van der Waals surface area contributed by atoms with E-state index >= 15 is 0 Å². The first-order valence-electron chi connectivity index (χ1n) is 3.37. The van der Waals surface area contributed by atoms with Crippen LogP contribution in [0.2, 0.25) is 0 Å². The first kappa shape index (κ1) is 8.87. The van der Waals surface area contributed by atoms with Gasteiger partial charge in [-0.15, -0.1) is 0 Å². The average molecular weight is 186 g/mol. The van der Waals surface area contributed by atoms with Crippen LogP contribution < -0.4 is 4.42 Å². The molecule has 0 fully saturated rings. The summed E-state index contributed by atoms with van der Waals surface area (Å²) in [5.41, 5.74) is 1.52. The number of anilines is 1. The second-order valence-electron chi connectivity index (χ2n) is 2.40. The van der Waals surface area contributed by atoms with E-state index in [1.54, 1.807) is 24.3 Å². The van der Waals surface area contributed by atoms with Gasteiger partial charge in [-0.05, 0) is 19.1 Å². The van der Waals surface area contributed by atoms with Gasteiger partial charge >= 0.3 is 6.09 Å². The highest BCUT2D eigenvalue weighted by Gasteiger charge is 2.09. The predicted octanol–water partition coefficient (Wildman–Crippen LogP) is 2.63. The quantitative estimate of drug-likeness (QED) is 0.684. The number of halogens is 1. The molecule has 1 aromatic rings. The summed E-state index contributed by atoms with van der Waals surface area (Å²) in [4.78, 5) is 10.4. The zero-order valence-electron chi connectivity index (χ0n) is 6.49. The molecule has 0 saturated carbocycles. The van der Waals surface area contributed by atoms with Crippen molar-refractivity contribution in [2.75, 3.05) is 4.42 Å². The molecule has 0 atom stereocenters. The molecule has 1 N–H and O–H groups in total. The lowest BCUT2D eigenvalue weighted by atomic mass is 10.2. The largest absolute Gasteiger partial charge is 0.464 e. The van der Waals surface area contributed by atoms with Crippen molar-refractivity contribution < 1.29 is 9.90 Å². The third kappa shape index (κ3) is 1.89. The van der Waals surface area contributed by atoms with Crippen LogP contribution in [0, 0.1) is 6.92 Å². The SMILES string of the molecule is Cc1ccc(N(Cl)C(=O)O)cc1. The van der Waals surface area contributed by atoms with Gasteiger partial charge in [-0.3, -0.25) is 0 Å². The van der Waals surface area contributed by atoms with Gasteiger partial charge in [0.1, 0.15) is 0 Å². The number of hydrogen-bond donors (Lipinski definition) is 1. The van der Waals surface area contributed by atoms with Gasteiger partial charge in [-0.25, -0.2) is 4.79 Å². The Labute approximate surface area is 75.3 Å². The smallest absolute Gasteiger partial charge is 0.426 e. The summed E-state index contributed by atoms with van der Waals surface area (Å²) in [6.45, 7) is 1.92. The summed E-state index contributed by atoms with van der Waals surface area (Å²) in [5, 5.41) is 8.50. The van der Waals surface area contributed by atoms with Crippen molar-refractivity contribution >= 4 is 23.6 Å². The Kier molecular flexibility index (Phi) is 2.55. The fraction of sp³-hybridized carbons (Fsp3) is 0.125. The average Bonchev–Trinajstić information content (AvgIpc) is 2.04. The molecule has 0 aliphatic rings. The molecular weight excluding hydrogens is 178 g/mol. The highest BCUT2D eigenvalue weighted by Crippen LogP contribution is 2.16. The normalized spacial score (nSPS) is 9.50. The van der Waals surface area contributed by atoms with E-state index in [4.69, 9.17) is 16.9 Å². The Morgan fingerprint density at radius 1 is 1.42 bits per heavy atom. The van der Waals surface area contributed by atoms with Crippen molar-refractivity contribution in [2.24, 2.45) is 0 Å². The molecule has 1 aromatic carbocycles. The molecule has 0 heterocycles. The topological polar surface area (TPSA) is 40.5 Å². The number of carboxylic acid groups (broad SMARTS) is 1. The molecule has 3 nitrogen and oxygen atoms in total. The molecule has 12 heavy (non-hydrogen) atoms. The van der Waals surface area contributed by atoms with Crippen molar-refractivity contribution in [3.05, 3.63) is 29.8 Å². The van der Waals surface area contributed by atoms with Crippen LogP contribution in [0.15, 0.2) is 24.3 Å². The minimum atomic E-state index is -1.18. The van der Waals surface area contributed by atoms with Crippen molar-refractivity contribution in [3.63, 3.8) is 0 Å². The zero-order valence-corrected chi connectivity index (χ0v) is 7.25. The zero-order chi connectivity index (χ0) is 9.14. The van der Waals surface area contributed by atoms with Gasteiger partial charge in [0.2, 0.25) is 0 Å². The molecule has 1 rings (SSSR count). The minimum absolute atomic E-state index is 0.453. The molecule has 0 spiro atoms. The van der Waals surface area contributed by atoms with Gasteiger partial charge in [0.05, 0.1) is 5.69 Å². The maximum absolute atomic E-state index is 10.4. The van der Waals surface area contributed by atoms with Gasteiger partial charge < -0.3 is 5.11 Å². The molecule has 0 aromatic heterocycles. The summed E-state index contributed by atoms with van der Waals surface area (Å²) in [6.07, 6.45) is -1.18. The van der Waals surface area contributed by atoms with Gasteiger partial charge in [0, 0.05) is 11.8 Å². The summed E-state index contributed by atoms with van der Waals surface area (Å²) < 4.78 is 0.652. The van der Waals surface area contributed by atoms with Crippen LogP contribution >= 0.6 is 11.8 Å². The number of nitrogens with zero attached hydrogens (tertiary/aromatic N) is 1. The number of rotatable bonds is 1. The molecule has 0 aliphatic heterocycles. The third-order valence-corrected chi connectivity index (χ3v) is 1.77. The Morgan fingerprint density at radius 2 is 1.92 bits per heavy atom. The first-order valence-corrected chi connectivity index (χ1v) is 3.70. The molecular formula is C8H8ClNO2.